The Morgan fingerprint density at radius 1 is 0.852 bits per heavy atom. The third-order valence-electron chi connectivity index (χ3n) is 5.03. The monoisotopic (exact) mass is 357 g/mol. The third kappa shape index (κ3) is 4.28. The molecule has 2 aromatic rings. The van der Waals surface area contributed by atoms with E-state index in [4.69, 9.17) is 9.73 Å². The Labute approximate surface area is 162 Å². The van der Waals surface area contributed by atoms with Gasteiger partial charge in [-0.15, -0.1) is 0 Å². The van der Waals surface area contributed by atoms with Crippen LogP contribution in [0.1, 0.15) is 48.4 Å². The molecule has 0 N–H and O–H groups in total. The van der Waals surface area contributed by atoms with Crippen molar-refractivity contribution < 1.29 is 4.74 Å². The molecule has 0 aliphatic carbocycles. The minimum absolute atomic E-state index is 0.594. The molecule has 0 radical (unpaired) electrons. The Balaban J connectivity index is 1.82. The van der Waals surface area contributed by atoms with Crippen LogP contribution in [0.25, 0.3) is 11.3 Å². The van der Waals surface area contributed by atoms with Crippen LogP contribution in [0.3, 0.4) is 0 Å². The summed E-state index contributed by atoms with van der Waals surface area (Å²) in [5.41, 5.74) is 7.83. The lowest BCUT2D eigenvalue weighted by Gasteiger charge is -2.16. The Morgan fingerprint density at radius 3 is 2.19 bits per heavy atom. The van der Waals surface area contributed by atoms with Gasteiger partial charge in [0.1, 0.15) is 11.5 Å². The fraction of sp³-hybridized carbons (Fsp3) is 0.240. The maximum Gasteiger partial charge on any atom is 0.141 e. The van der Waals surface area contributed by atoms with Gasteiger partial charge in [0.05, 0.1) is 5.71 Å². The van der Waals surface area contributed by atoms with E-state index in [1.54, 1.807) is 0 Å². The molecule has 0 bridgehead atoms. The van der Waals surface area contributed by atoms with Gasteiger partial charge >= 0.3 is 0 Å². The number of hydrogen-bond acceptors (Lipinski definition) is 2. The smallest absolute Gasteiger partial charge is 0.141 e. The minimum atomic E-state index is 0.594. The predicted octanol–water partition coefficient (Wildman–Crippen LogP) is 6.86. The molecule has 0 saturated heterocycles. The van der Waals surface area contributed by atoms with Crippen molar-refractivity contribution in [2.75, 3.05) is 0 Å². The fourth-order valence-electron chi connectivity index (χ4n) is 3.65. The lowest BCUT2D eigenvalue weighted by atomic mass is 9.99. The van der Waals surface area contributed by atoms with Gasteiger partial charge in [-0.05, 0) is 62.3 Å². The van der Waals surface area contributed by atoms with Gasteiger partial charge in [-0.3, -0.25) is 4.99 Å². The second-order valence-corrected chi connectivity index (χ2v) is 7.06. The average molecular weight is 357 g/mol. The quantitative estimate of drug-likeness (QED) is 0.536. The molecule has 2 aromatic carbocycles. The van der Waals surface area contributed by atoms with E-state index in [1.807, 2.05) is 12.1 Å². The number of nitrogens with zero attached hydrogens (tertiary/aromatic N) is 1. The summed E-state index contributed by atoms with van der Waals surface area (Å²) in [6.07, 6.45) is 2.89. The number of benzene rings is 2. The highest BCUT2D eigenvalue weighted by molar-refractivity contribution is 6.00. The average Bonchev–Trinajstić information content (AvgIpc) is 2.84. The first-order valence-electron chi connectivity index (χ1n) is 9.42. The van der Waals surface area contributed by atoms with Crippen molar-refractivity contribution in [1.82, 2.24) is 0 Å². The summed E-state index contributed by atoms with van der Waals surface area (Å²) in [7, 11) is 0. The Bertz CT molecular complexity index is 912. The van der Waals surface area contributed by atoms with Crippen LogP contribution in [0, 0.1) is 13.8 Å². The van der Waals surface area contributed by atoms with Gasteiger partial charge in [-0.1, -0.05) is 61.7 Å². The zero-order valence-electron chi connectivity index (χ0n) is 16.5. The summed E-state index contributed by atoms with van der Waals surface area (Å²) in [6.45, 7) is 14.5. The third-order valence-corrected chi connectivity index (χ3v) is 5.03. The molecule has 2 heteroatoms. The van der Waals surface area contributed by atoms with E-state index in [2.05, 4.69) is 70.3 Å². The van der Waals surface area contributed by atoms with Crippen LogP contribution >= 0.6 is 0 Å². The predicted molar refractivity (Wildman–Crippen MR) is 115 cm³/mol. The second-order valence-electron chi connectivity index (χ2n) is 7.06. The highest BCUT2D eigenvalue weighted by Crippen LogP contribution is 2.30. The van der Waals surface area contributed by atoms with Crippen LogP contribution in [-0.2, 0) is 4.74 Å². The normalized spacial score (nSPS) is 14.4. The van der Waals surface area contributed by atoms with Crippen molar-refractivity contribution >= 4 is 17.0 Å². The molecule has 1 aliphatic rings. The number of hydrogen-bond donors (Lipinski definition) is 0. The van der Waals surface area contributed by atoms with Gasteiger partial charge in [0.25, 0.3) is 0 Å². The van der Waals surface area contributed by atoms with Crippen LogP contribution < -0.4 is 0 Å². The van der Waals surface area contributed by atoms with Crippen LogP contribution in [-0.4, -0.2) is 5.71 Å². The Morgan fingerprint density at radius 2 is 1.52 bits per heavy atom. The summed E-state index contributed by atoms with van der Waals surface area (Å²) in [6, 6.07) is 16.7. The maximum atomic E-state index is 6.04. The molecule has 0 unspecified atom stereocenters. The largest absolute Gasteiger partial charge is 0.456 e. The van der Waals surface area contributed by atoms with E-state index >= 15 is 0 Å². The molecule has 2 nitrogen and oxygen atoms in total. The zero-order chi connectivity index (χ0) is 19.4. The molecule has 27 heavy (non-hydrogen) atoms. The molecular formula is C25H27NO. The van der Waals surface area contributed by atoms with E-state index < -0.39 is 0 Å². The van der Waals surface area contributed by atoms with E-state index in [9.17, 15) is 0 Å². The number of aliphatic imine (C=N–C) groups is 1. The van der Waals surface area contributed by atoms with Crippen molar-refractivity contribution in [2.45, 2.75) is 40.0 Å². The summed E-state index contributed by atoms with van der Waals surface area (Å²) in [5, 5.41) is 0. The molecule has 0 spiro atoms. The molecule has 0 fully saturated rings. The molecule has 0 aromatic heterocycles. The molecule has 1 aliphatic heterocycles. The summed E-state index contributed by atoms with van der Waals surface area (Å²) >= 11 is 0. The Hall–Kier alpha value is -2.87. The number of allylic oxidation sites excluding steroid dienone is 3. The summed E-state index contributed by atoms with van der Waals surface area (Å²) in [4.78, 5) is 4.86. The summed E-state index contributed by atoms with van der Waals surface area (Å²) in [5.74, 6) is 1.23. The number of aryl methyl sites for hydroxylation is 2. The van der Waals surface area contributed by atoms with Gasteiger partial charge in [0.2, 0.25) is 0 Å². The molecular weight excluding hydrogens is 330 g/mol. The standard InChI is InChI=1S/C25H27NO/c1-17-11-9-12-18(2)25(17)21(5)27-20(4)24-16-10-15-23(19(3)26-24)22-13-7-6-8-14-22/h6-9,11-14H,4-5,10,15-16H2,1-3H3. The van der Waals surface area contributed by atoms with Crippen LogP contribution in [0.2, 0.25) is 0 Å². The van der Waals surface area contributed by atoms with E-state index in [0.717, 1.165) is 47.4 Å². The molecule has 0 atom stereocenters. The topological polar surface area (TPSA) is 21.6 Å². The zero-order valence-corrected chi connectivity index (χ0v) is 16.5. The van der Waals surface area contributed by atoms with E-state index in [1.165, 1.54) is 11.1 Å². The molecule has 138 valence electrons. The van der Waals surface area contributed by atoms with E-state index in [-0.39, 0.29) is 0 Å². The first kappa shape index (κ1) is 18.9. The van der Waals surface area contributed by atoms with Crippen molar-refractivity contribution in [1.29, 1.82) is 0 Å². The van der Waals surface area contributed by atoms with Gasteiger partial charge < -0.3 is 4.74 Å². The maximum absolute atomic E-state index is 6.04. The Kier molecular flexibility index (Phi) is 5.75. The fourth-order valence-corrected chi connectivity index (χ4v) is 3.65. The van der Waals surface area contributed by atoms with Crippen LogP contribution in [0.5, 0.6) is 0 Å². The van der Waals surface area contributed by atoms with E-state index in [0.29, 0.717) is 11.5 Å². The minimum Gasteiger partial charge on any atom is -0.456 e. The lowest BCUT2D eigenvalue weighted by Crippen LogP contribution is -2.06. The molecule has 0 saturated carbocycles. The SMILES string of the molecule is C=C(OC(=C)c1c(C)cccc1C)C1=NC(C)=C(c2ccccc2)CCC1. The van der Waals surface area contributed by atoms with Crippen molar-refractivity contribution in [3.63, 3.8) is 0 Å². The van der Waals surface area contributed by atoms with Gasteiger partial charge in [0, 0.05) is 11.3 Å². The number of ether oxygens (including phenoxy) is 1. The van der Waals surface area contributed by atoms with Gasteiger partial charge in [0.15, 0.2) is 0 Å². The van der Waals surface area contributed by atoms with Gasteiger partial charge in [-0.25, -0.2) is 0 Å². The van der Waals surface area contributed by atoms with Crippen molar-refractivity contribution in [2.24, 2.45) is 4.99 Å². The highest BCUT2D eigenvalue weighted by atomic mass is 16.5. The van der Waals surface area contributed by atoms with Crippen LogP contribution in [0.4, 0.5) is 0 Å². The molecule has 3 rings (SSSR count). The van der Waals surface area contributed by atoms with Crippen molar-refractivity contribution in [3.8, 4) is 0 Å². The molecule has 1 heterocycles. The first-order valence-corrected chi connectivity index (χ1v) is 9.42. The first-order chi connectivity index (χ1) is 13.0. The number of rotatable bonds is 5. The van der Waals surface area contributed by atoms with Crippen LogP contribution in [0.15, 0.2) is 78.1 Å². The van der Waals surface area contributed by atoms with Gasteiger partial charge in [-0.2, -0.15) is 0 Å². The summed E-state index contributed by atoms with van der Waals surface area (Å²) < 4.78 is 6.04. The van der Waals surface area contributed by atoms with Crippen molar-refractivity contribution in [3.05, 3.63) is 95.4 Å². The second kappa shape index (κ2) is 8.22. The molecule has 0 amide bonds. The lowest BCUT2D eigenvalue weighted by molar-refractivity contribution is 0.411. The highest BCUT2D eigenvalue weighted by Gasteiger charge is 2.17.